The number of methoxy groups -OCH3 is 2. The zero-order valence-electron chi connectivity index (χ0n) is 10.7. The smallest absolute Gasteiger partial charge is 0.341 e. The Morgan fingerprint density at radius 3 is 2.31 bits per heavy atom. The van der Waals surface area contributed by atoms with E-state index in [0.29, 0.717) is 11.3 Å². The van der Waals surface area contributed by atoms with E-state index in [1.807, 2.05) is 26.8 Å². The Bertz CT molecular complexity index is 332. The quantitative estimate of drug-likeness (QED) is 0.740. The van der Waals surface area contributed by atoms with Gasteiger partial charge in [0.05, 0.1) is 14.2 Å². The average Bonchev–Trinajstić information content (AvgIpc) is 2.39. The second kappa shape index (κ2) is 7.74. The molecule has 0 spiro atoms. The molecule has 1 rings (SSSR count). The molecule has 0 N–H and O–H groups in total. The van der Waals surface area contributed by atoms with Crippen molar-refractivity contribution in [2.45, 2.75) is 27.2 Å². The maximum atomic E-state index is 11.4. The van der Waals surface area contributed by atoms with E-state index in [0.717, 1.165) is 12.0 Å². The van der Waals surface area contributed by atoms with E-state index >= 15 is 0 Å². The summed E-state index contributed by atoms with van der Waals surface area (Å²) in [5.74, 6) is 0.186. The lowest BCUT2D eigenvalue weighted by Gasteiger charge is -2.07. The highest BCUT2D eigenvalue weighted by Crippen LogP contribution is 2.20. The van der Waals surface area contributed by atoms with E-state index < -0.39 is 0 Å². The maximum absolute atomic E-state index is 11.4. The number of carbonyl (C=O) groups excluding carboxylic acids is 1. The molecule has 0 bridgehead atoms. The predicted octanol–water partition coefficient (Wildman–Crippen LogP) is 3.07. The predicted molar refractivity (Wildman–Crippen MR) is 65.1 cm³/mol. The van der Waals surface area contributed by atoms with Crippen LogP contribution >= 0.6 is 0 Å². The summed E-state index contributed by atoms with van der Waals surface area (Å²) in [5.41, 5.74) is 1.57. The minimum Gasteiger partial charge on any atom is -0.496 e. The van der Waals surface area contributed by atoms with Gasteiger partial charge in [0, 0.05) is 0 Å². The summed E-state index contributed by atoms with van der Waals surface area (Å²) < 4.78 is 9.73. The van der Waals surface area contributed by atoms with Gasteiger partial charge in [-0.05, 0) is 24.1 Å². The van der Waals surface area contributed by atoms with Gasteiger partial charge in [0.15, 0.2) is 0 Å². The zero-order valence-corrected chi connectivity index (χ0v) is 10.7. The third-order valence-electron chi connectivity index (χ3n) is 2.08. The maximum Gasteiger partial charge on any atom is 0.341 e. The molecule has 90 valence electrons. The minimum absolute atomic E-state index is 0.364. The van der Waals surface area contributed by atoms with Crippen molar-refractivity contribution in [3.63, 3.8) is 0 Å². The van der Waals surface area contributed by atoms with Crippen LogP contribution in [-0.4, -0.2) is 20.2 Å². The zero-order chi connectivity index (χ0) is 12.6. The van der Waals surface area contributed by atoms with Gasteiger partial charge in [0.2, 0.25) is 0 Å². The number of carbonyl (C=O) groups is 1. The van der Waals surface area contributed by atoms with Crippen LogP contribution in [0.1, 0.15) is 36.7 Å². The lowest BCUT2D eigenvalue weighted by Crippen LogP contribution is -2.04. The number of hydrogen-bond donors (Lipinski definition) is 0. The fourth-order valence-corrected chi connectivity index (χ4v) is 1.24. The second-order valence-electron chi connectivity index (χ2n) is 2.88. The monoisotopic (exact) mass is 224 g/mol. The van der Waals surface area contributed by atoms with Crippen molar-refractivity contribution in [3.05, 3.63) is 29.3 Å². The van der Waals surface area contributed by atoms with E-state index in [-0.39, 0.29) is 5.97 Å². The van der Waals surface area contributed by atoms with Crippen LogP contribution < -0.4 is 4.74 Å². The number of esters is 1. The van der Waals surface area contributed by atoms with E-state index in [1.54, 1.807) is 12.1 Å². The molecule has 3 heteroatoms. The standard InChI is InChI=1S/C11H14O3.C2H6/c1-4-8-5-6-10(13-2)9(7-8)11(12)14-3;1-2/h5-7H,4H2,1-3H3;1-2H3. The third kappa shape index (κ3) is 3.57. The molecule has 16 heavy (non-hydrogen) atoms. The van der Waals surface area contributed by atoms with Crippen molar-refractivity contribution < 1.29 is 14.3 Å². The summed E-state index contributed by atoms with van der Waals surface area (Å²) in [6.45, 7) is 6.03. The molecule has 0 aliphatic rings. The van der Waals surface area contributed by atoms with Gasteiger partial charge in [0.25, 0.3) is 0 Å². The molecule has 0 heterocycles. The van der Waals surface area contributed by atoms with Gasteiger partial charge in [0.1, 0.15) is 11.3 Å². The Kier molecular flexibility index (Phi) is 7.01. The van der Waals surface area contributed by atoms with Crippen LogP contribution in [0.4, 0.5) is 0 Å². The molecule has 0 atom stereocenters. The molecule has 0 radical (unpaired) electrons. The summed E-state index contributed by atoms with van der Waals surface area (Å²) in [5, 5.41) is 0. The number of hydrogen-bond acceptors (Lipinski definition) is 3. The Morgan fingerprint density at radius 2 is 1.88 bits per heavy atom. The van der Waals surface area contributed by atoms with Gasteiger partial charge < -0.3 is 9.47 Å². The third-order valence-corrected chi connectivity index (χ3v) is 2.08. The fraction of sp³-hybridized carbons (Fsp3) is 0.462. The summed E-state index contributed by atoms with van der Waals surface area (Å²) in [7, 11) is 2.90. The molecule has 1 aromatic carbocycles. The molecule has 0 aliphatic carbocycles. The lowest BCUT2D eigenvalue weighted by molar-refractivity contribution is 0.0597. The molecule has 1 aromatic rings. The summed E-state index contributed by atoms with van der Waals surface area (Å²) in [6.07, 6.45) is 0.883. The Labute approximate surface area is 97.4 Å². The van der Waals surface area contributed by atoms with Gasteiger partial charge in [-0.1, -0.05) is 26.8 Å². The molecule has 0 saturated heterocycles. The van der Waals surface area contributed by atoms with Crippen LogP contribution in [-0.2, 0) is 11.2 Å². The summed E-state index contributed by atoms with van der Waals surface area (Å²) in [6, 6.07) is 5.51. The van der Waals surface area contributed by atoms with Crippen molar-refractivity contribution >= 4 is 5.97 Å². The van der Waals surface area contributed by atoms with E-state index in [2.05, 4.69) is 4.74 Å². The normalized spacial score (nSPS) is 8.81. The van der Waals surface area contributed by atoms with Crippen LogP contribution in [0, 0.1) is 0 Å². The van der Waals surface area contributed by atoms with E-state index in [1.165, 1.54) is 14.2 Å². The summed E-state index contributed by atoms with van der Waals surface area (Å²) in [4.78, 5) is 11.4. The SMILES string of the molecule is CC.CCc1ccc(OC)c(C(=O)OC)c1. The van der Waals surface area contributed by atoms with Gasteiger partial charge in [-0.25, -0.2) is 4.79 Å². The number of ether oxygens (including phenoxy) is 2. The van der Waals surface area contributed by atoms with Crippen LogP contribution in [0.25, 0.3) is 0 Å². The van der Waals surface area contributed by atoms with Crippen molar-refractivity contribution in [2.75, 3.05) is 14.2 Å². The molecule has 0 fully saturated rings. The van der Waals surface area contributed by atoms with Crippen molar-refractivity contribution in [1.29, 1.82) is 0 Å². The second-order valence-corrected chi connectivity index (χ2v) is 2.88. The average molecular weight is 224 g/mol. The molecule has 0 aliphatic heterocycles. The van der Waals surface area contributed by atoms with Crippen LogP contribution in [0.3, 0.4) is 0 Å². The molecule has 0 amide bonds. The molecule has 0 aromatic heterocycles. The lowest BCUT2D eigenvalue weighted by atomic mass is 10.1. The fourth-order valence-electron chi connectivity index (χ4n) is 1.24. The minimum atomic E-state index is -0.364. The van der Waals surface area contributed by atoms with Crippen molar-refractivity contribution in [2.24, 2.45) is 0 Å². The highest BCUT2D eigenvalue weighted by atomic mass is 16.5. The number of benzene rings is 1. The number of aryl methyl sites for hydroxylation is 1. The van der Waals surface area contributed by atoms with Gasteiger partial charge >= 0.3 is 5.97 Å². The van der Waals surface area contributed by atoms with Crippen molar-refractivity contribution in [3.8, 4) is 5.75 Å². The first-order valence-electron chi connectivity index (χ1n) is 5.48. The molecule has 3 nitrogen and oxygen atoms in total. The first-order chi connectivity index (χ1) is 7.72. The molecular formula is C13H20O3. The largest absolute Gasteiger partial charge is 0.496 e. The Balaban J connectivity index is 0.00000106. The highest BCUT2D eigenvalue weighted by molar-refractivity contribution is 5.92. The molecule has 0 saturated carbocycles. The van der Waals surface area contributed by atoms with Crippen LogP contribution in [0.2, 0.25) is 0 Å². The Hall–Kier alpha value is -1.51. The van der Waals surface area contributed by atoms with E-state index in [9.17, 15) is 4.79 Å². The van der Waals surface area contributed by atoms with Gasteiger partial charge in [-0.2, -0.15) is 0 Å². The first-order valence-corrected chi connectivity index (χ1v) is 5.48. The van der Waals surface area contributed by atoms with Crippen LogP contribution in [0.5, 0.6) is 5.75 Å². The first kappa shape index (κ1) is 14.5. The van der Waals surface area contributed by atoms with E-state index in [4.69, 9.17) is 4.74 Å². The van der Waals surface area contributed by atoms with Gasteiger partial charge in [-0.3, -0.25) is 0 Å². The molecular weight excluding hydrogens is 204 g/mol. The summed E-state index contributed by atoms with van der Waals surface area (Å²) >= 11 is 0. The highest BCUT2D eigenvalue weighted by Gasteiger charge is 2.12. The van der Waals surface area contributed by atoms with Gasteiger partial charge in [-0.15, -0.1) is 0 Å². The Morgan fingerprint density at radius 1 is 1.25 bits per heavy atom. The topological polar surface area (TPSA) is 35.5 Å². The molecule has 0 unspecified atom stereocenters. The van der Waals surface area contributed by atoms with Crippen LogP contribution in [0.15, 0.2) is 18.2 Å². The van der Waals surface area contributed by atoms with Crippen molar-refractivity contribution in [1.82, 2.24) is 0 Å². The number of rotatable bonds is 3.